The summed E-state index contributed by atoms with van der Waals surface area (Å²) in [6.07, 6.45) is 0. The van der Waals surface area contributed by atoms with Crippen molar-refractivity contribution in [3.63, 3.8) is 0 Å². The molecule has 0 aliphatic rings. The van der Waals surface area contributed by atoms with Crippen LogP contribution in [-0.4, -0.2) is 17.5 Å². The summed E-state index contributed by atoms with van der Waals surface area (Å²) in [5.74, 6) is -0.329. The van der Waals surface area contributed by atoms with E-state index in [1.165, 1.54) is 11.3 Å². The molecule has 0 aliphatic carbocycles. The zero-order chi connectivity index (χ0) is 11.5. The van der Waals surface area contributed by atoms with Gasteiger partial charge in [0.25, 0.3) is 0 Å². The molecule has 3 nitrogen and oxygen atoms in total. The normalized spacial score (nSPS) is 10.3. The molecule has 0 radical (unpaired) electrons. The van der Waals surface area contributed by atoms with Crippen LogP contribution >= 0.6 is 11.3 Å². The molecule has 2 rings (SSSR count). The highest BCUT2D eigenvalue weighted by molar-refractivity contribution is 7.18. The second kappa shape index (κ2) is 4.47. The van der Waals surface area contributed by atoms with Crippen molar-refractivity contribution in [1.29, 1.82) is 0 Å². The zero-order valence-corrected chi connectivity index (χ0v) is 9.33. The maximum Gasteiger partial charge on any atom is 0.200 e. The van der Waals surface area contributed by atoms with Crippen molar-refractivity contribution in [3.8, 4) is 10.4 Å². The number of aliphatic hydroxyl groups is 1. The van der Waals surface area contributed by atoms with Crippen molar-refractivity contribution in [2.75, 3.05) is 12.3 Å². The molecule has 16 heavy (non-hydrogen) atoms. The lowest BCUT2D eigenvalue weighted by atomic mass is 10.2. The van der Waals surface area contributed by atoms with Gasteiger partial charge in [-0.15, -0.1) is 11.3 Å². The fourth-order valence-electron chi connectivity index (χ4n) is 1.44. The third-order valence-electron chi connectivity index (χ3n) is 2.22. The van der Waals surface area contributed by atoms with Crippen LogP contribution in [0.3, 0.4) is 0 Å². The summed E-state index contributed by atoms with van der Waals surface area (Å²) in [6, 6.07) is 11.5. The predicted octanol–water partition coefficient (Wildman–Crippen LogP) is 2.17. The van der Waals surface area contributed by atoms with Gasteiger partial charge in [0.15, 0.2) is 5.78 Å². The van der Waals surface area contributed by atoms with Gasteiger partial charge < -0.3 is 10.8 Å². The van der Waals surface area contributed by atoms with Gasteiger partial charge in [-0.05, 0) is 11.6 Å². The van der Waals surface area contributed by atoms with Gasteiger partial charge in [0.2, 0.25) is 0 Å². The number of hydrogen-bond acceptors (Lipinski definition) is 4. The fraction of sp³-hybridized carbons (Fsp3) is 0.0833. The highest BCUT2D eigenvalue weighted by Gasteiger charge is 2.13. The number of Topliss-reactive ketones (excluding diaryl/α,β-unsaturated/α-hetero) is 1. The van der Waals surface area contributed by atoms with Gasteiger partial charge >= 0.3 is 0 Å². The average Bonchev–Trinajstić information content (AvgIpc) is 2.71. The van der Waals surface area contributed by atoms with Crippen LogP contribution in [0.1, 0.15) is 9.67 Å². The zero-order valence-electron chi connectivity index (χ0n) is 8.51. The minimum Gasteiger partial charge on any atom is -0.397 e. The Morgan fingerprint density at radius 3 is 2.62 bits per heavy atom. The Balaban J connectivity index is 2.42. The van der Waals surface area contributed by atoms with Crippen LogP contribution in [0.2, 0.25) is 0 Å². The van der Waals surface area contributed by atoms with E-state index >= 15 is 0 Å². The van der Waals surface area contributed by atoms with Crippen LogP contribution < -0.4 is 5.73 Å². The SMILES string of the molecule is Nc1cc(-c2ccccc2)sc1C(=O)CO. The number of benzene rings is 1. The number of carbonyl (C=O) groups excluding carboxylic acids is 1. The number of thiophene rings is 1. The number of anilines is 1. The molecule has 0 unspecified atom stereocenters. The van der Waals surface area contributed by atoms with Crippen molar-refractivity contribution in [2.45, 2.75) is 0 Å². The molecule has 0 fully saturated rings. The number of carbonyl (C=O) groups is 1. The van der Waals surface area contributed by atoms with Gasteiger partial charge in [0.05, 0.1) is 10.6 Å². The minimum absolute atomic E-state index is 0.329. The molecule has 0 amide bonds. The molecule has 1 aromatic carbocycles. The number of ketones is 1. The molecule has 3 N–H and O–H groups in total. The smallest absolute Gasteiger partial charge is 0.200 e. The van der Waals surface area contributed by atoms with Gasteiger partial charge in [-0.1, -0.05) is 30.3 Å². The van der Waals surface area contributed by atoms with Crippen LogP contribution in [0.25, 0.3) is 10.4 Å². The number of nitrogen functional groups attached to an aromatic ring is 1. The first kappa shape index (κ1) is 10.9. The van der Waals surface area contributed by atoms with Gasteiger partial charge in [0, 0.05) is 4.88 Å². The molecule has 0 spiro atoms. The summed E-state index contributed by atoms with van der Waals surface area (Å²) < 4.78 is 0. The first-order valence-corrected chi connectivity index (χ1v) is 5.63. The Morgan fingerprint density at radius 1 is 1.31 bits per heavy atom. The summed E-state index contributed by atoms with van der Waals surface area (Å²) in [5, 5.41) is 8.79. The Morgan fingerprint density at radius 2 is 2.00 bits per heavy atom. The van der Waals surface area contributed by atoms with Gasteiger partial charge in [0.1, 0.15) is 6.61 Å². The second-order valence-corrected chi connectivity index (χ2v) is 4.39. The van der Waals surface area contributed by atoms with Crippen LogP contribution in [0, 0.1) is 0 Å². The minimum atomic E-state index is -0.501. The van der Waals surface area contributed by atoms with Gasteiger partial charge in [-0.2, -0.15) is 0 Å². The molecule has 1 heterocycles. The monoisotopic (exact) mass is 233 g/mol. The summed E-state index contributed by atoms with van der Waals surface area (Å²) in [5.41, 5.74) is 7.19. The van der Waals surface area contributed by atoms with Crippen molar-refractivity contribution >= 4 is 22.8 Å². The third kappa shape index (κ3) is 1.98. The summed E-state index contributed by atoms with van der Waals surface area (Å²) in [4.78, 5) is 12.7. The molecule has 82 valence electrons. The molecule has 0 saturated heterocycles. The number of aliphatic hydroxyl groups excluding tert-OH is 1. The lowest BCUT2D eigenvalue weighted by Gasteiger charge is -1.94. The largest absolute Gasteiger partial charge is 0.397 e. The van der Waals surface area contributed by atoms with E-state index < -0.39 is 6.61 Å². The van der Waals surface area contributed by atoms with E-state index in [2.05, 4.69) is 0 Å². The van der Waals surface area contributed by atoms with Crippen molar-refractivity contribution in [3.05, 3.63) is 41.3 Å². The van der Waals surface area contributed by atoms with E-state index in [0.29, 0.717) is 10.6 Å². The highest BCUT2D eigenvalue weighted by Crippen LogP contribution is 2.33. The van der Waals surface area contributed by atoms with Crippen LogP contribution in [0.4, 0.5) is 5.69 Å². The van der Waals surface area contributed by atoms with E-state index in [1.807, 2.05) is 30.3 Å². The van der Waals surface area contributed by atoms with E-state index in [1.54, 1.807) is 6.07 Å². The number of rotatable bonds is 3. The molecular weight excluding hydrogens is 222 g/mol. The van der Waals surface area contributed by atoms with Crippen molar-refractivity contribution in [2.24, 2.45) is 0 Å². The van der Waals surface area contributed by atoms with Crippen LogP contribution in [0.15, 0.2) is 36.4 Å². The van der Waals surface area contributed by atoms with Crippen molar-refractivity contribution in [1.82, 2.24) is 0 Å². The van der Waals surface area contributed by atoms with E-state index in [0.717, 1.165) is 10.4 Å². The Kier molecular flexibility index (Phi) is 3.03. The first-order chi connectivity index (χ1) is 7.72. The van der Waals surface area contributed by atoms with Crippen LogP contribution in [0.5, 0.6) is 0 Å². The maximum absolute atomic E-state index is 11.4. The van der Waals surface area contributed by atoms with Crippen molar-refractivity contribution < 1.29 is 9.90 Å². The lowest BCUT2D eigenvalue weighted by molar-refractivity contribution is 0.0908. The molecule has 0 saturated carbocycles. The second-order valence-electron chi connectivity index (χ2n) is 3.34. The molecule has 2 aromatic rings. The molecule has 0 aliphatic heterocycles. The Hall–Kier alpha value is -1.65. The third-order valence-corrected chi connectivity index (χ3v) is 3.46. The summed E-state index contributed by atoms with van der Waals surface area (Å²) in [6.45, 7) is -0.501. The topological polar surface area (TPSA) is 63.3 Å². The number of nitrogens with two attached hydrogens (primary N) is 1. The van der Waals surface area contributed by atoms with Gasteiger partial charge in [-0.25, -0.2) is 0 Å². The summed E-state index contributed by atoms with van der Waals surface area (Å²) >= 11 is 1.31. The summed E-state index contributed by atoms with van der Waals surface area (Å²) in [7, 11) is 0. The molecular formula is C12H11NO2S. The maximum atomic E-state index is 11.4. The lowest BCUT2D eigenvalue weighted by Crippen LogP contribution is -2.04. The number of hydrogen-bond donors (Lipinski definition) is 2. The predicted molar refractivity (Wildman–Crippen MR) is 65.6 cm³/mol. The molecule has 0 bridgehead atoms. The standard InChI is InChI=1S/C12H11NO2S/c13-9-6-11(8-4-2-1-3-5-8)16-12(9)10(15)7-14/h1-6,14H,7,13H2. The fourth-order valence-corrected chi connectivity index (χ4v) is 2.45. The van der Waals surface area contributed by atoms with Gasteiger partial charge in [-0.3, -0.25) is 4.79 Å². The Bertz CT molecular complexity index is 505. The van der Waals surface area contributed by atoms with E-state index in [-0.39, 0.29) is 5.78 Å². The van der Waals surface area contributed by atoms with E-state index in [4.69, 9.17) is 10.8 Å². The molecule has 1 aromatic heterocycles. The highest BCUT2D eigenvalue weighted by atomic mass is 32.1. The average molecular weight is 233 g/mol. The Labute approximate surface area is 97.2 Å². The van der Waals surface area contributed by atoms with Crippen LogP contribution in [-0.2, 0) is 0 Å². The quantitative estimate of drug-likeness (QED) is 0.799. The molecule has 0 atom stereocenters. The molecule has 4 heteroatoms. The first-order valence-electron chi connectivity index (χ1n) is 4.81. The van der Waals surface area contributed by atoms with E-state index in [9.17, 15) is 4.79 Å².